The molecule has 0 aromatic heterocycles. The van der Waals surface area contributed by atoms with Crippen LogP contribution < -0.4 is 9.47 Å². The van der Waals surface area contributed by atoms with E-state index in [1.807, 2.05) is 48.5 Å². The first-order valence-electron chi connectivity index (χ1n) is 12.6. The van der Waals surface area contributed by atoms with Crippen molar-refractivity contribution in [2.45, 2.75) is 45.1 Å². The van der Waals surface area contributed by atoms with E-state index in [0.717, 1.165) is 30.4 Å². The SMILES string of the molecule is COc1cc(/C=C2\SC(=S)N(Cc3ccccc3)C2=O)ccc1OC(=O)C12CC3CC(CC(C3)C1)C2. The van der Waals surface area contributed by atoms with E-state index >= 15 is 0 Å². The van der Waals surface area contributed by atoms with Gasteiger partial charge < -0.3 is 9.47 Å². The van der Waals surface area contributed by atoms with E-state index in [2.05, 4.69) is 0 Å². The number of carbonyl (C=O) groups excluding carboxylic acids is 2. The molecule has 5 nitrogen and oxygen atoms in total. The highest BCUT2D eigenvalue weighted by atomic mass is 32.2. The molecule has 1 saturated heterocycles. The quantitative estimate of drug-likeness (QED) is 0.196. The maximum Gasteiger partial charge on any atom is 0.317 e. The first kappa shape index (κ1) is 23.7. The molecule has 2 aromatic carbocycles. The van der Waals surface area contributed by atoms with Gasteiger partial charge in [0.2, 0.25) is 0 Å². The summed E-state index contributed by atoms with van der Waals surface area (Å²) in [6.07, 6.45) is 8.54. The number of ether oxygens (including phenoxy) is 2. The van der Waals surface area contributed by atoms with Gasteiger partial charge in [-0.25, -0.2) is 0 Å². The highest BCUT2D eigenvalue weighted by molar-refractivity contribution is 8.26. The summed E-state index contributed by atoms with van der Waals surface area (Å²) in [4.78, 5) is 28.6. The fraction of sp³-hybridized carbons (Fsp3) is 0.414. The molecule has 5 aliphatic rings. The van der Waals surface area contributed by atoms with E-state index in [1.165, 1.54) is 31.0 Å². The second-order valence-corrected chi connectivity index (χ2v) is 12.4. The normalized spacial score (nSPS) is 29.8. The number of rotatable bonds is 6. The third-order valence-corrected chi connectivity index (χ3v) is 9.59. The molecule has 0 unspecified atom stereocenters. The molecular weight excluding hydrogens is 490 g/mol. The van der Waals surface area contributed by atoms with Gasteiger partial charge in [-0.15, -0.1) is 0 Å². The van der Waals surface area contributed by atoms with Crippen molar-refractivity contribution < 1.29 is 19.1 Å². The lowest BCUT2D eigenvalue weighted by atomic mass is 9.49. The smallest absolute Gasteiger partial charge is 0.317 e. The number of carbonyl (C=O) groups is 2. The van der Waals surface area contributed by atoms with Gasteiger partial charge in [0, 0.05) is 0 Å². The zero-order valence-electron chi connectivity index (χ0n) is 20.3. The van der Waals surface area contributed by atoms with Gasteiger partial charge in [-0.2, -0.15) is 0 Å². The minimum Gasteiger partial charge on any atom is -0.493 e. The second kappa shape index (κ2) is 9.34. The van der Waals surface area contributed by atoms with Crippen molar-refractivity contribution >= 4 is 46.3 Å². The van der Waals surface area contributed by atoms with E-state index in [0.29, 0.717) is 45.0 Å². The van der Waals surface area contributed by atoms with Gasteiger partial charge in [0.25, 0.3) is 5.91 Å². The Morgan fingerprint density at radius 2 is 1.72 bits per heavy atom. The predicted molar refractivity (Wildman–Crippen MR) is 144 cm³/mol. The molecule has 7 heteroatoms. The molecule has 2 aromatic rings. The van der Waals surface area contributed by atoms with Gasteiger partial charge in [-0.05, 0) is 85.6 Å². The molecule has 1 aliphatic heterocycles. The number of thiocarbonyl (C=S) groups is 1. The lowest BCUT2D eigenvalue weighted by Gasteiger charge is -2.55. The molecule has 4 saturated carbocycles. The third kappa shape index (κ3) is 4.37. The molecule has 186 valence electrons. The molecule has 0 atom stereocenters. The Morgan fingerprint density at radius 3 is 2.36 bits per heavy atom. The number of hydrogen-bond donors (Lipinski definition) is 0. The first-order valence-corrected chi connectivity index (χ1v) is 13.8. The van der Waals surface area contributed by atoms with Crippen LogP contribution in [-0.2, 0) is 16.1 Å². The lowest BCUT2D eigenvalue weighted by Crippen LogP contribution is -2.51. The summed E-state index contributed by atoms with van der Waals surface area (Å²) in [6.45, 7) is 0.450. The van der Waals surface area contributed by atoms with Crippen molar-refractivity contribution in [1.29, 1.82) is 0 Å². The van der Waals surface area contributed by atoms with E-state index in [1.54, 1.807) is 18.1 Å². The summed E-state index contributed by atoms with van der Waals surface area (Å²) in [5.74, 6) is 2.74. The Morgan fingerprint density at radius 1 is 1.06 bits per heavy atom. The van der Waals surface area contributed by atoms with E-state index in [-0.39, 0.29) is 17.3 Å². The third-order valence-electron chi connectivity index (χ3n) is 8.22. The average molecular weight is 520 g/mol. The molecule has 5 fully saturated rings. The summed E-state index contributed by atoms with van der Waals surface area (Å²) in [5.41, 5.74) is 1.49. The molecule has 36 heavy (non-hydrogen) atoms. The molecule has 1 heterocycles. The number of nitrogens with zero attached hydrogens (tertiary/aromatic N) is 1. The van der Waals surface area contributed by atoms with E-state index < -0.39 is 0 Å². The summed E-state index contributed by atoms with van der Waals surface area (Å²) >= 11 is 6.78. The summed E-state index contributed by atoms with van der Waals surface area (Å²) in [5, 5.41) is 0. The lowest BCUT2D eigenvalue weighted by molar-refractivity contribution is -0.161. The van der Waals surface area contributed by atoms with Crippen molar-refractivity contribution in [2.24, 2.45) is 23.2 Å². The van der Waals surface area contributed by atoms with Crippen LogP contribution in [-0.4, -0.2) is 28.2 Å². The number of hydrogen-bond acceptors (Lipinski definition) is 6. The summed E-state index contributed by atoms with van der Waals surface area (Å²) < 4.78 is 12.1. The van der Waals surface area contributed by atoms with Crippen LogP contribution in [0.3, 0.4) is 0 Å². The van der Waals surface area contributed by atoms with Gasteiger partial charge in [-0.3, -0.25) is 14.5 Å². The van der Waals surface area contributed by atoms with Gasteiger partial charge in [0.1, 0.15) is 4.32 Å². The van der Waals surface area contributed by atoms with Gasteiger partial charge >= 0.3 is 5.97 Å². The maximum absolute atomic E-state index is 13.4. The minimum absolute atomic E-state index is 0.102. The number of amides is 1. The van der Waals surface area contributed by atoms with Crippen LogP contribution in [0.5, 0.6) is 11.5 Å². The maximum atomic E-state index is 13.4. The molecule has 4 aliphatic carbocycles. The fourth-order valence-corrected chi connectivity index (χ4v) is 8.24. The van der Waals surface area contributed by atoms with Gasteiger partial charge in [0.15, 0.2) is 11.5 Å². The molecular formula is C29H29NO4S2. The Kier molecular flexibility index (Phi) is 6.16. The van der Waals surface area contributed by atoms with E-state index in [4.69, 9.17) is 21.7 Å². The second-order valence-electron chi connectivity index (χ2n) is 10.8. The van der Waals surface area contributed by atoms with Crippen LogP contribution in [0.15, 0.2) is 53.4 Å². The summed E-state index contributed by atoms with van der Waals surface area (Å²) in [7, 11) is 1.57. The number of thioether (sulfide) groups is 1. The van der Waals surface area contributed by atoms with Gasteiger partial charge in [-0.1, -0.05) is 60.4 Å². The largest absolute Gasteiger partial charge is 0.493 e. The van der Waals surface area contributed by atoms with Crippen molar-refractivity contribution in [1.82, 2.24) is 4.90 Å². The molecule has 0 N–H and O–H groups in total. The van der Waals surface area contributed by atoms with Gasteiger partial charge in [0.05, 0.1) is 24.0 Å². The minimum atomic E-state index is -0.328. The van der Waals surface area contributed by atoms with Crippen LogP contribution >= 0.6 is 24.0 Å². The van der Waals surface area contributed by atoms with Crippen molar-refractivity contribution in [2.75, 3.05) is 7.11 Å². The standard InChI is InChI=1S/C29H29NO4S2/c1-33-24-12-19(13-25-26(31)30(28(35)36-25)17-18-5-3-2-4-6-18)7-8-23(24)34-27(32)29-14-20-9-21(15-29)11-22(10-20)16-29/h2-8,12-13,20-22H,9-11,14-17H2,1H3/b25-13-. The molecule has 1 amide bonds. The van der Waals surface area contributed by atoms with Crippen LogP contribution in [0.1, 0.15) is 49.7 Å². The molecule has 0 radical (unpaired) electrons. The highest BCUT2D eigenvalue weighted by Crippen LogP contribution is 2.60. The Hall–Kier alpha value is -2.64. The zero-order chi connectivity index (χ0) is 24.9. The molecule has 7 rings (SSSR count). The molecule has 0 spiro atoms. The van der Waals surface area contributed by atoms with Crippen LogP contribution in [0.25, 0.3) is 6.08 Å². The number of methoxy groups -OCH3 is 1. The number of esters is 1. The van der Waals surface area contributed by atoms with Crippen molar-refractivity contribution in [3.63, 3.8) is 0 Å². The van der Waals surface area contributed by atoms with Crippen molar-refractivity contribution in [3.05, 3.63) is 64.6 Å². The topological polar surface area (TPSA) is 55.8 Å². The summed E-state index contributed by atoms with van der Waals surface area (Å²) in [6, 6.07) is 15.3. The van der Waals surface area contributed by atoms with E-state index in [9.17, 15) is 9.59 Å². The first-order chi connectivity index (χ1) is 17.4. The van der Waals surface area contributed by atoms with Crippen LogP contribution in [0, 0.1) is 23.2 Å². The monoisotopic (exact) mass is 519 g/mol. The molecule has 4 bridgehead atoms. The Labute approximate surface area is 221 Å². The average Bonchev–Trinajstić information content (AvgIpc) is 3.12. The highest BCUT2D eigenvalue weighted by Gasteiger charge is 2.55. The Bertz CT molecular complexity index is 1220. The number of benzene rings is 2. The fourth-order valence-electron chi connectivity index (χ4n) is 6.98. The predicted octanol–water partition coefficient (Wildman–Crippen LogP) is 6.22. The van der Waals surface area contributed by atoms with Crippen LogP contribution in [0.4, 0.5) is 0 Å². The zero-order valence-corrected chi connectivity index (χ0v) is 21.9. The van der Waals surface area contributed by atoms with Crippen molar-refractivity contribution in [3.8, 4) is 11.5 Å². The Balaban J connectivity index is 1.18. The van der Waals surface area contributed by atoms with Crippen LogP contribution in [0.2, 0.25) is 0 Å².